The van der Waals surface area contributed by atoms with Crippen LogP contribution in [0, 0.1) is 10.4 Å². The van der Waals surface area contributed by atoms with Crippen LogP contribution in [0.2, 0.25) is 0 Å². The Labute approximate surface area is 154 Å². The third-order valence-corrected chi connectivity index (χ3v) is 5.25. The Morgan fingerprint density at radius 2 is 1.70 bits per heavy atom. The molecule has 0 bridgehead atoms. The third kappa shape index (κ3) is 4.93. The maximum atomic E-state index is 12.5. The van der Waals surface area contributed by atoms with E-state index in [1.54, 1.807) is 6.92 Å². The van der Waals surface area contributed by atoms with Gasteiger partial charge < -0.3 is 25.6 Å². The zero-order chi connectivity index (χ0) is 20.2. The van der Waals surface area contributed by atoms with Crippen molar-refractivity contribution in [2.24, 2.45) is 0 Å². The molecule has 10 nitrogen and oxygen atoms in total. The van der Waals surface area contributed by atoms with Crippen LogP contribution in [0.1, 0.15) is 22.8 Å². The number of esters is 1. The molecule has 0 saturated carbocycles. The summed E-state index contributed by atoms with van der Waals surface area (Å²) in [7, 11) is -3.95. The lowest BCUT2D eigenvalue weighted by atomic mass is 10.1. The van der Waals surface area contributed by atoms with Crippen LogP contribution in [0.25, 0.3) is 0 Å². The van der Waals surface area contributed by atoms with E-state index >= 15 is 0 Å². The predicted molar refractivity (Wildman–Crippen MR) is 95.0 cm³/mol. The summed E-state index contributed by atoms with van der Waals surface area (Å²) in [6.07, 6.45) is 0. The quantitative estimate of drug-likeness (QED) is 0.526. The molecule has 0 unspecified atom stereocenters. The van der Waals surface area contributed by atoms with Crippen LogP contribution >= 0.6 is 0 Å². The van der Waals surface area contributed by atoms with Crippen molar-refractivity contribution in [1.82, 2.24) is 0 Å². The summed E-state index contributed by atoms with van der Waals surface area (Å²) in [5.74, 6) is -1.37. The second-order valence-corrected chi connectivity index (χ2v) is 7.35. The number of carbonyl (C=O) groups is 1. The zero-order valence-corrected chi connectivity index (χ0v) is 14.9. The summed E-state index contributed by atoms with van der Waals surface area (Å²) >= 11 is 0. The second kappa shape index (κ2) is 8.33. The molecule has 0 spiro atoms. The average molecular weight is 396 g/mol. The molecular formula is C16H16N2O8S-2. The minimum Gasteiger partial charge on any atom is -0.733 e. The van der Waals surface area contributed by atoms with E-state index in [1.165, 1.54) is 12.1 Å². The molecule has 0 atom stereocenters. The number of carbonyl (C=O) groups excluding carboxylic acids is 1. The Hall–Kier alpha value is -2.70. The fourth-order valence-electron chi connectivity index (χ4n) is 2.27. The molecule has 146 valence electrons. The fourth-order valence-corrected chi connectivity index (χ4v) is 3.65. The minimum atomic E-state index is -3.95. The summed E-state index contributed by atoms with van der Waals surface area (Å²) in [4.78, 5) is 11.6. The van der Waals surface area contributed by atoms with Crippen LogP contribution in [0.5, 0.6) is 0 Å². The van der Waals surface area contributed by atoms with E-state index in [0.717, 1.165) is 30.3 Å². The van der Waals surface area contributed by atoms with Crippen LogP contribution in [-0.4, -0.2) is 31.4 Å². The van der Waals surface area contributed by atoms with Gasteiger partial charge in [-0.05, 0) is 48.9 Å². The Kier molecular flexibility index (Phi) is 6.36. The Morgan fingerprint density at radius 1 is 1.07 bits per heavy atom. The van der Waals surface area contributed by atoms with Crippen molar-refractivity contribution >= 4 is 27.2 Å². The second-order valence-electron chi connectivity index (χ2n) is 5.36. The van der Waals surface area contributed by atoms with Crippen molar-refractivity contribution in [2.45, 2.75) is 17.6 Å². The first-order valence-electron chi connectivity index (χ1n) is 7.61. The smallest absolute Gasteiger partial charge is 0.338 e. The molecule has 0 radical (unpaired) electrons. The molecule has 0 fully saturated rings. The van der Waals surface area contributed by atoms with E-state index < -0.39 is 37.7 Å². The molecule has 0 saturated heterocycles. The first-order chi connectivity index (χ1) is 12.7. The Balaban J connectivity index is 2.35. The van der Waals surface area contributed by atoms with Crippen molar-refractivity contribution < 1.29 is 28.4 Å². The van der Waals surface area contributed by atoms with Gasteiger partial charge in [0.15, 0.2) is 9.84 Å². The summed E-state index contributed by atoms with van der Waals surface area (Å²) in [6, 6.07) is 7.98. The van der Waals surface area contributed by atoms with Gasteiger partial charge in [-0.3, -0.25) is 10.4 Å². The largest absolute Gasteiger partial charge is 0.733 e. The fraction of sp³-hybridized carbons (Fsp3) is 0.188. The molecule has 2 aromatic rings. The van der Waals surface area contributed by atoms with Crippen LogP contribution < -0.4 is 10.5 Å². The molecule has 27 heavy (non-hydrogen) atoms. The van der Waals surface area contributed by atoms with E-state index in [1.807, 2.05) is 0 Å². The summed E-state index contributed by atoms with van der Waals surface area (Å²) < 4.78 is 29.9. The minimum absolute atomic E-state index is 0.0225. The molecule has 0 aliphatic carbocycles. The SMILES string of the molecule is CCOC(=O)c1ccc(CS(=O)(=O)c2ccc(N([O-])O)cc2)c(N([O-])O)c1. The number of hydrogen-bond acceptors (Lipinski definition) is 10. The van der Waals surface area contributed by atoms with Crippen molar-refractivity contribution in [3.05, 3.63) is 64.0 Å². The molecular weight excluding hydrogens is 380 g/mol. The lowest BCUT2D eigenvalue weighted by Crippen LogP contribution is -2.15. The van der Waals surface area contributed by atoms with Gasteiger partial charge in [0.05, 0.1) is 34.2 Å². The highest BCUT2D eigenvalue weighted by Crippen LogP contribution is 2.27. The normalized spacial score (nSPS) is 11.1. The van der Waals surface area contributed by atoms with Crippen LogP contribution in [0.4, 0.5) is 11.4 Å². The van der Waals surface area contributed by atoms with Crippen molar-refractivity contribution in [1.29, 1.82) is 0 Å². The molecule has 0 heterocycles. The molecule has 0 aromatic heterocycles. The van der Waals surface area contributed by atoms with Gasteiger partial charge in [-0.25, -0.2) is 13.2 Å². The van der Waals surface area contributed by atoms with E-state index in [9.17, 15) is 28.8 Å². The number of nitrogens with zero attached hydrogens (tertiary/aromatic N) is 2. The molecule has 2 rings (SSSR count). The first kappa shape index (κ1) is 20.6. The molecule has 11 heteroatoms. The van der Waals surface area contributed by atoms with E-state index in [0.29, 0.717) is 0 Å². The molecule has 2 N–H and O–H groups in total. The average Bonchev–Trinajstić information content (AvgIpc) is 2.61. The van der Waals surface area contributed by atoms with Crippen LogP contribution in [-0.2, 0) is 20.3 Å². The molecule has 0 amide bonds. The van der Waals surface area contributed by atoms with Crippen molar-refractivity contribution in [2.75, 3.05) is 17.1 Å². The van der Waals surface area contributed by atoms with E-state index in [2.05, 4.69) is 0 Å². The highest BCUT2D eigenvalue weighted by atomic mass is 32.2. The number of ether oxygens (including phenoxy) is 1. The van der Waals surface area contributed by atoms with Crippen LogP contribution in [0.15, 0.2) is 47.4 Å². The number of sulfone groups is 1. The highest BCUT2D eigenvalue weighted by molar-refractivity contribution is 7.90. The number of rotatable bonds is 7. The summed E-state index contributed by atoms with van der Waals surface area (Å²) in [6.45, 7) is 1.70. The topological polar surface area (TPSA) is 154 Å². The van der Waals surface area contributed by atoms with E-state index in [4.69, 9.17) is 9.94 Å². The van der Waals surface area contributed by atoms with E-state index in [-0.39, 0.29) is 28.3 Å². The van der Waals surface area contributed by atoms with Gasteiger partial charge in [0.2, 0.25) is 0 Å². The van der Waals surface area contributed by atoms with Gasteiger partial charge in [0.25, 0.3) is 0 Å². The number of anilines is 2. The Morgan fingerprint density at radius 3 is 2.22 bits per heavy atom. The number of benzene rings is 2. The first-order valence-corrected chi connectivity index (χ1v) is 9.26. The maximum Gasteiger partial charge on any atom is 0.338 e. The predicted octanol–water partition coefficient (Wildman–Crippen LogP) is 2.22. The van der Waals surface area contributed by atoms with Gasteiger partial charge in [-0.15, -0.1) is 0 Å². The highest BCUT2D eigenvalue weighted by Gasteiger charge is 2.19. The molecule has 0 aliphatic rings. The zero-order valence-electron chi connectivity index (χ0n) is 14.1. The van der Waals surface area contributed by atoms with Crippen molar-refractivity contribution in [3.8, 4) is 0 Å². The number of hydrogen-bond donors (Lipinski definition) is 2. The Bertz CT molecular complexity index is 911. The van der Waals surface area contributed by atoms with Gasteiger partial charge in [-0.2, -0.15) is 0 Å². The molecule has 2 aromatic carbocycles. The molecule has 0 aliphatic heterocycles. The lowest BCUT2D eigenvalue weighted by Gasteiger charge is -2.25. The monoisotopic (exact) mass is 396 g/mol. The lowest BCUT2D eigenvalue weighted by molar-refractivity contribution is 0.0526. The maximum absolute atomic E-state index is 12.5. The summed E-state index contributed by atoms with van der Waals surface area (Å²) in [5.41, 5.74) is -0.640. The van der Waals surface area contributed by atoms with Gasteiger partial charge in [0.1, 0.15) is 0 Å². The third-order valence-electron chi connectivity index (χ3n) is 3.56. The van der Waals surface area contributed by atoms with Gasteiger partial charge >= 0.3 is 5.97 Å². The van der Waals surface area contributed by atoms with Crippen molar-refractivity contribution in [3.63, 3.8) is 0 Å². The van der Waals surface area contributed by atoms with Gasteiger partial charge in [0, 0.05) is 0 Å². The standard InChI is InChI=1S/C16H16N2O8S/c1-2-26-16(19)11-3-4-12(15(9-11)18(22)23)10-27(24,25)14-7-5-13(6-8-14)17(20)21/h3-9,20,22H,2,10H2,1H3/q-2. The van der Waals surface area contributed by atoms with Crippen LogP contribution in [0.3, 0.4) is 0 Å². The summed E-state index contributed by atoms with van der Waals surface area (Å²) in [5, 5.41) is 39.3. The van der Waals surface area contributed by atoms with Gasteiger partial charge in [-0.1, -0.05) is 6.07 Å².